The Morgan fingerprint density at radius 1 is 0.241 bits per heavy atom. The standard InChI is InChI=1S/C49H37N9/c1-49(2,3)48-57-45(35-23-14-7-15-24-35)56-47(58-48)39-26-16-25-38(31-39)46-54-42(34-21-12-6-13-22-34)53-44(55-46)37-29-27-36(28-30-37)43-51-40(32-17-8-4-9-18-32)50-41(52-43)33-19-10-5-11-20-33/h4-31H,1-3H3. The quantitative estimate of drug-likeness (QED) is 0.150. The molecule has 3 aromatic heterocycles. The van der Waals surface area contributed by atoms with Gasteiger partial charge in [-0.2, -0.15) is 0 Å². The molecule has 58 heavy (non-hydrogen) atoms. The Bertz CT molecular complexity index is 2790. The van der Waals surface area contributed by atoms with E-state index in [0.717, 1.165) is 44.5 Å². The first-order chi connectivity index (χ1) is 28.3. The van der Waals surface area contributed by atoms with Crippen LogP contribution in [0.25, 0.3) is 91.1 Å². The molecule has 0 aliphatic carbocycles. The lowest BCUT2D eigenvalue weighted by molar-refractivity contribution is 0.543. The molecule has 9 rings (SSSR count). The summed E-state index contributed by atoms with van der Waals surface area (Å²) in [5.74, 6) is 5.33. The Morgan fingerprint density at radius 2 is 0.466 bits per heavy atom. The first-order valence-electron chi connectivity index (χ1n) is 19.1. The zero-order valence-electron chi connectivity index (χ0n) is 32.2. The van der Waals surface area contributed by atoms with Crippen LogP contribution in [0.2, 0.25) is 0 Å². The van der Waals surface area contributed by atoms with Gasteiger partial charge in [0.25, 0.3) is 0 Å². The second-order valence-electron chi connectivity index (χ2n) is 14.8. The smallest absolute Gasteiger partial charge is 0.164 e. The molecule has 0 atom stereocenters. The summed E-state index contributed by atoms with van der Waals surface area (Å²) in [5.41, 5.74) is 6.64. The maximum Gasteiger partial charge on any atom is 0.164 e. The first kappa shape index (κ1) is 36.0. The Hall–Kier alpha value is -7.65. The maximum atomic E-state index is 5.05. The first-order valence-corrected chi connectivity index (χ1v) is 19.1. The van der Waals surface area contributed by atoms with E-state index in [9.17, 15) is 0 Å². The minimum atomic E-state index is -0.292. The third-order valence-electron chi connectivity index (χ3n) is 9.49. The second kappa shape index (κ2) is 15.5. The molecule has 6 aromatic carbocycles. The zero-order chi connectivity index (χ0) is 39.5. The van der Waals surface area contributed by atoms with Crippen molar-refractivity contribution in [2.24, 2.45) is 0 Å². The molecule has 0 bridgehead atoms. The Labute approximate surface area is 336 Å². The summed E-state index contributed by atoms with van der Waals surface area (Å²) < 4.78 is 0. The summed E-state index contributed by atoms with van der Waals surface area (Å²) in [6, 6.07) is 55.9. The fraction of sp³-hybridized carbons (Fsp3) is 0.0816. The van der Waals surface area contributed by atoms with Gasteiger partial charge in [-0.05, 0) is 6.07 Å². The molecule has 0 saturated carbocycles. The molecule has 0 aliphatic rings. The summed E-state index contributed by atoms with van der Waals surface area (Å²) >= 11 is 0. The topological polar surface area (TPSA) is 116 Å². The molecule has 0 saturated heterocycles. The number of nitrogens with zero attached hydrogens (tertiary/aromatic N) is 9. The molecule has 9 nitrogen and oxygen atoms in total. The largest absolute Gasteiger partial charge is 0.212 e. The highest BCUT2D eigenvalue weighted by Gasteiger charge is 2.22. The van der Waals surface area contributed by atoms with E-state index < -0.39 is 0 Å². The molecule has 0 N–H and O–H groups in total. The van der Waals surface area contributed by atoms with Gasteiger partial charge < -0.3 is 0 Å². The molecular weight excluding hydrogens is 715 g/mol. The third kappa shape index (κ3) is 7.74. The van der Waals surface area contributed by atoms with Crippen LogP contribution in [0.4, 0.5) is 0 Å². The van der Waals surface area contributed by atoms with Crippen LogP contribution in [-0.2, 0) is 5.41 Å². The van der Waals surface area contributed by atoms with Crippen LogP contribution in [-0.4, -0.2) is 44.9 Å². The molecule has 9 aromatic rings. The minimum absolute atomic E-state index is 0.292. The predicted octanol–water partition coefficient (Wildman–Crippen LogP) is 10.9. The summed E-state index contributed by atoms with van der Waals surface area (Å²) in [5, 5.41) is 0. The van der Waals surface area contributed by atoms with Crippen molar-refractivity contribution in [1.82, 2.24) is 44.9 Å². The lowest BCUT2D eigenvalue weighted by atomic mass is 9.95. The van der Waals surface area contributed by atoms with Crippen molar-refractivity contribution in [3.05, 3.63) is 176 Å². The maximum absolute atomic E-state index is 5.05. The van der Waals surface area contributed by atoms with Crippen LogP contribution in [0.3, 0.4) is 0 Å². The number of rotatable bonds is 8. The minimum Gasteiger partial charge on any atom is -0.212 e. The van der Waals surface area contributed by atoms with Gasteiger partial charge in [0.1, 0.15) is 5.82 Å². The van der Waals surface area contributed by atoms with E-state index >= 15 is 0 Å². The van der Waals surface area contributed by atoms with Gasteiger partial charge in [0.05, 0.1) is 0 Å². The zero-order valence-corrected chi connectivity index (χ0v) is 32.2. The highest BCUT2D eigenvalue weighted by atomic mass is 15.1. The van der Waals surface area contributed by atoms with Crippen LogP contribution < -0.4 is 0 Å². The Morgan fingerprint density at radius 3 is 0.759 bits per heavy atom. The fourth-order valence-corrected chi connectivity index (χ4v) is 6.41. The lowest BCUT2D eigenvalue weighted by Gasteiger charge is -2.18. The van der Waals surface area contributed by atoms with E-state index in [1.807, 2.05) is 170 Å². The second-order valence-corrected chi connectivity index (χ2v) is 14.8. The lowest BCUT2D eigenvalue weighted by Crippen LogP contribution is -2.18. The van der Waals surface area contributed by atoms with Gasteiger partial charge in [-0.15, -0.1) is 0 Å². The normalized spacial score (nSPS) is 11.4. The molecule has 0 radical (unpaired) electrons. The van der Waals surface area contributed by atoms with Crippen LogP contribution in [0, 0.1) is 0 Å². The molecule has 0 spiro atoms. The van der Waals surface area contributed by atoms with Gasteiger partial charge >= 0.3 is 0 Å². The number of hydrogen-bond donors (Lipinski definition) is 0. The van der Waals surface area contributed by atoms with E-state index in [4.69, 9.17) is 44.9 Å². The summed E-state index contributed by atoms with van der Waals surface area (Å²) in [6.07, 6.45) is 0. The monoisotopic (exact) mass is 751 g/mol. The van der Waals surface area contributed by atoms with E-state index in [2.05, 4.69) is 20.8 Å². The molecule has 278 valence electrons. The van der Waals surface area contributed by atoms with Crippen molar-refractivity contribution in [3.8, 4) is 91.1 Å². The Kier molecular flexibility index (Phi) is 9.61. The van der Waals surface area contributed by atoms with Crippen molar-refractivity contribution < 1.29 is 0 Å². The third-order valence-corrected chi connectivity index (χ3v) is 9.49. The summed E-state index contributed by atoms with van der Waals surface area (Å²) in [6.45, 7) is 6.32. The van der Waals surface area contributed by atoms with Crippen LogP contribution in [0.15, 0.2) is 170 Å². The van der Waals surface area contributed by atoms with E-state index in [1.54, 1.807) is 0 Å². The summed E-state index contributed by atoms with van der Waals surface area (Å²) in [4.78, 5) is 44.4. The van der Waals surface area contributed by atoms with E-state index in [1.165, 1.54) is 0 Å². The van der Waals surface area contributed by atoms with Crippen LogP contribution in [0.5, 0.6) is 0 Å². The average molecular weight is 752 g/mol. The molecular formula is C49H37N9. The molecule has 0 amide bonds. The van der Waals surface area contributed by atoms with Crippen molar-refractivity contribution in [2.75, 3.05) is 0 Å². The number of aromatic nitrogens is 9. The van der Waals surface area contributed by atoms with Gasteiger partial charge in [0, 0.05) is 49.9 Å². The molecule has 0 fully saturated rings. The van der Waals surface area contributed by atoms with Gasteiger partial charge in [0.15, 0.2) is 46.6 Å². The van der Waals surface area contributed by atoms with Gasteiger partial charge in [-0.3, -0.25) is 0 Å². The van der Waals surface area contributed by atoms with Crippen molar-refractivity contribution >= 4 is 0 Å². The predicted molar refractivity (Wildman–Crippen MR) is 229 cm³/mol. The van der Waals surface area contributed by atoms with Crippen LogP contribution in [0.1, 0.15) is 26.6 Å². The number of benzene rings is 6. The van der Waals surface area contributed by atoms with Crippen molar-refractivity contribution in [1.29, 1.82) is 0 Å². The summed E-state index contributed by atoms with van der Waals surface area (Å²) in [7, 11) is 0. The van der Waals surface area contributed by atoms with Crippen molar-refractivity contribution in [2.45, 2.75) is 26.2 Å². The highest BCUT2D eigenvalue weighted by Crippen LogP contribution is 2.31. The Balaban J connectivity index is 1.12. The van der Waals surface area contributed by atoms with E-state index in [0.29, 0.717) is 52.4 Å². The average Bonchev–Trinajstić information content (AvgIpc) is 3.29. The highest BCUT2D eigenvalue weighted by molar-refractivity contribution is 5.73. The molecule has 0 aliphatic heterocycles. The van der Waals surface area contributed by atoms with Gasteiger partial charge in [-0.1, -0.05) is 185 Å². The van der Waals surface area contributed by atoms with Gasteiger partial charge in [-0.25, -0.2) is 44.9 Å². The van der Waals surface area contributed by atoms with E-state index in [-0.39, 0.29) is 5.41 Å². The molecule has 9 heteroatoms. The SMILES string of the molecule is CC(C)(C)c1nc(-c2ccccc2)nc(-c2cccc(-c3nc(-c4ccccc4)nc(-c4ccc(-c5nc(-c6ccccc6)nc(-c6ccccc6)n5)cc4)n3)c2)n1. The number of hydrogen-bond acceptors (Lipinski definition) is 9. The fourth-order valence-electron chi connectivity index (χ4n) is 6.41. The van der Waals surface area contributed by atoms with Crippen LogP contribution >= 0.6 is 0 Å². The van der Waals surface area contributed by atoms with Crippen molar-refractivity contribution in [3.63, 3.8) is 0 Å². The van der Waals surface area contributed by atoms with Gasteiger partial charge in [0.2, 0.25) is 0 Å². The molecule has 3 heterocycles. The molecule has 0 unspecified atom stereocenters.